The number of halogens is 1. The van der Waals surface area contributed by atoms with Gasteiger partial charge >= 0.3 is 0 Å². The summed E-state index contributed by atoms with van der Waals surface area (Å²) in [6.07, 6.45) is 1.02. The van der Waals surface area contributed by atoms with Gasteiger partial charge < -0.3 is 5.32 Å². The van der Waals surface area contributed by atoms with Gasteiger partial charge in [0.15, 0.2) is 0 Å². The van der Waals surface area contributed by atoms with Crippen LogP contribution in [0.1, 0.15) is 51.3 Å². The van der Waals surface area contributed by atoms with Crippen LogP contribution in [0.5, 0.6) is 0 Å². The van der Waals surface area contributed by atoms with Crippen molar-refractivity contribution in [3.63, 3.8) is 0 Å². The third-order valence-corrected chi connectivity index (χ3v) is 4.01. The summed E-state index contributed by atoms with van der Waals surface area (Å²) in [6, 6.07) is 5.76. The summed E-state index contributed by atoms with van der Waals surface area (Å²) in [5.74, 6) is 0.454. The summed E-state index contributed by atoms with van der Waals surface area (Å²) < 4.78 is 13.6. The lowest BCUT2D eigenvalue weighted by Gasteiger charge is -2.31. The van der Waals surface area contributed by atoms with Crippen LogP contribution < -0.4 is 5.32 Å². The van der Waals surface area contributed by atoms with Gasteiger partial charge in [0.25, 0.3) is 0 Å². The van der Waals surface area contributed by atoms with Gasteiger partial charge in [0.05, 0.1) is 0 Å². The Balaban J connectivity index is 2.86. The minimum Gasteiger partial charge on any atom is -0.313 e. The Bertz CT molecular complexity index is 393. The van der Waals surface area contributed by atoms with Crippen LogP contribution in [0, 0.1) is 24.1 Å². The third kappa shape index (κ3) is 3.81. The normalized spacial score (nSPS) is 15.5. The van der Waals surface area contributed by atoms with Crippen LogP contribution in [0.25, 0.3) is 0 Å². The van der Waals surface area contributed by atoms with E-state index in [1.165, 1.54) is 0 Å². The average molecular weight is 251 g/mol. The molecule has 0 aromatic heterocycles. The quantitative estimate of drug-likeness (QED) is 0.832. The summed E-state index contributed by atoms with van der Waals surface area (Å²) in [7, 11) is 1.94. The van der Waals surface area contributed by atoms with Crippen LogP contribution in [0.3, 0.4) is 0 Å². The fourth-order valence-corrected chi connectivity index (χ4v) is 1.95. The predicted octanol–water partition coefficient (Wildman–Crippen LogP) is 4.47. The van der Waals surface area contributed by atoms with Crippen molar-refractivity contribution in [2.45, 2.75) is 47.1 Å². The Morgan fingerprint density at radius 2 is 1.89 bits per heavy atom. The van der Waals surface area contributed by atoms with E-state index in [4.69, 9.17) is 0 Å². The number of rotatable bonds is 4. The maximum Gasteiger partial charge on any atom is 0.126 e. The van der Waals surface area contributed by atoms with E-state index < -0.39 is 0 Å². The summed E-state index contributed by atoms with van der Waals surface area (Å²) in [6.45, 7) is 10.8. The molecular formula is C16H26FN. The first kappa shape index (κ1) is 15.2. The molecule has 0 radical (unpaired) electrons. The number of benzene rings is 1. The maximum absolute atomic E-state index is 13.6. The van der Waals surface area contributed by atoms with E-state index >= 15 is 0 Å². The van der Waals surface area contributed by atoms with E-state index in [1.807, 2.05) is 19.2 Å². The molecule has 102 valence electrons. The van der Waals surface area contributed by atoms with Crippen LogP contribution in [0.2, 0.25) is 0 Å². The number of hydrogen-bond acceptors (Lipinski definition) is 1. The first-order chi connectivity index (χ1) is 8.25. The smallest absolute Gasteiger partial charge is 0.126 e. The van der Waals surface area contributed by atoms with Gasteiger partial charge in [-0.2, -0.15) is 0 Å². The molecule has 2 unspecified atom stereocenters. The van der Waals surface area contributed by atoms with Gasteiger partial charge in [-0.1, -0.05) is 39.8 Å². The van der Waals surface area contributed by atoms with Crippen molar-refractivity contribution in [2.75, 3.05) is 7.05 Å². The summed E-state index contributed by atoms with van der Waals surface area (Å²) >= 11 is 0. The second kappa shape index (κ2) is 5.83. The van der Waals surface area contributed by atoms with Gasteiger partial charge in [-0.15, -0.1) is 0 Å². The first-order valence-electron chi connectivity index (χ1n) is 6.69. The Morgan fingerprint density at radius 3 is 2.33 bits per heavy atom. The van der Waals surface area contributed by atoms with E-state index in [9.17, 15) is 4.39 Å². The van der Waals surface area contributed by atoms with Gasteiger partial charge in [0, 0.05) is 6.04 Å². The molecule has 0 bridgehead atoms. The van der Waals surface area contributed by atoms with Crippen molar-refractivity contribution in [1.82, 2.24) is 5.32 Å². The minimum atomic E-state index is -0.115. The first-order valence-corrected chi connectivity index (χ1v) is 6.69. The van der Waals surface area contributed by atoms with Crippen LogP contribution in [0.4, 0.5) is 4.39 Å². The monoisotopic (exact) mass is 251 g/mol. The fraction of sp³-hybridized carbons (Fsp3) is 0.625. The minimum absolute atomic E-state index is 0.115. The van der Waals surface area contributed by atoms with E-state index in [0.29, 0.717) is 11.5 Å². The highest BCUT2D eigenvalue weighted by Gasteiger charge is 2.24. The molecule has 0 heterocycles. The van der Waals surface area contributed by atoms with Gasteiger partial charge in [0.1, 0.15) is 5.82 Å². The van der Waals surface area contributed by atoms with E-state index in [1.54, 1.807) is 13.0 Å². The standard InChI is InChI=1S/C16H26FN/c1-11-7-8-13(10-14(11)17)15(18-6)9-12(2)16(3,4)5/h7-8,10,12,15,18H,9H2,1-6H3. The molecule has 0 spiro atoms. The lowest BCUT2D eigenvalue weighted by atomic mass is 9.77. The summed E-state index contributed by atoms with van der Waals surface area (Å²) in [5, 5.41) is 3.30. The van der Waals surface area contributed by atoms with Crippen molar-refractivity contribution in [1.29, 1.82) is 0 Å². The zero-order valence-electron chi connectivity index (χ0n) is 12.5. The predicted molar refractivity (Wildman–Crippen MR) is 76.2 cm³/mol. The van der Waals surface area contributed by atoms with Crippen molar-refractivity contribution in [2.24, 2.45) is 11.3 Å². The number of hydrogen-bond donors (Lipinski definition) is 1. The van der Waals surface area contributed by atoms with Crippen molar-refractivity contribution in [3.05, 3.63) is 35.1 Å². The van der Waals surface area contributed by atoms with Crippen molar-refractivity contribution < 1.29 is 4.39 Å². The van der Waals surface area contributed by atoms with Crippen LogP contribution in [-0.2, 0) is 0 Å². The Labute approximate surface area is 111 Å². The van der Waals surface area contributed by atoms with Crippen LogP contribution in [0.15, 0.2) is 18.2 Å². The molecule has 0 saturated heterocycles. The van der Waals surface area contributed by atoms with Crippen molar-refractivity contribution in [3.8, 4) is 0 Å². The molecule has 0 fully saturated rings. The maximum atomic E-state index is 13.6. The molecule has 1 N–H and O–H groups in total. The molecule has 0 saturated carbocycles. The molecule has 1 aromatic rings. The average Bonchev–Trinajstić information content (AvgIpc) is 2.28. The summed E-state index contributed by atoms with van der Waals surface area (Å²) in [5.41, 5.74) is 2.02. The topological polar surface area (TPSA) is 12.0 Å². The zero-order chi connectivity index (χ0) is 13.9. The summed E-state index contributed by atoms with van der Waals surface area (Å²) in [4.78, 5) is 0. The molecule has 0 amide bonds. The number of aryl methyl sites for hydroxylation is 1. The van der Waals surface area contributed by atoms with Crippen LogP contribution >= 0.6 is 0 Å². The highest BCUT2D eigenvalue weighted by molar-refractivity contribution is 5.25. The Morgan fingerprint density at radius 1 is 1.28 bits per heavy atom. The molecule has 1 aromatic carbocycles. The fourth-order valence-electron chi connectivity index (χ4n) is 1.95. The molecule has 0 aliphatic carbocycles. The molecular weight excluding hydrogens is 225 g/mol. The molecule has 2 heteroatoms. The van der Waals surface area contributed by atoms with Gasteiger partial charge in [-0.3, -0.25) is 0 Å². The second-order valence-corrected chi connectivity index (χ2v) is 6.35. The lowest BCUT2D eigenvalue weighted by Crippen LogP contribution is -2.25. The Kier molecular flexibility index (Phi) is 4.92. The van der Waals surface area contributed by atoms with Gasteiger partial charge in [-0.05, 0) is 48.9 Å². The van der Waals surface area contributed by atoms with Gasteiger partial charge in [-0.25, -0.2) is 4.39 Å². The highest BCUT2D eigenvalue weighted by atomic mass is 19.1. The molecule has 1 rings (SSSR count). The van der Waals surface area contributed by atoms with Crippen molar-refractivity contribution >= 4 is 0 Å². The van der Waals surface area contributed by atoms with E-state index in [-0.39, 0.29) is 17.3 Å². The van der Waals surface area contributed by atoms with E-state index in [2.05, 4.69) is 33.0 Å². The Hall–Kier alpha value is -0.890. The molecule has 2 atom stereocenters. The van der Waals surface area contributed by atoms with E-state index in [0.717, 1.165) is 12.0 Å². The second-order valence-electron chi connectivity index (χ2n) is 6.35. The zero-order valence-corrected chi connectivity index (χ0v) is 12.5. The third-order valence-electron chi connectivity index (χ3n) is 4.01. The molecule has 18 heavy (non-hydrogen) atoms. The van der Waals surface area contributed by atoms with Crippen LogP contribution in [-0.4, -0.2) is 7.05 Å². The highest BCUT2D eigenvalue weighted by Crippen LogP contribution is 2.33. The largest absolute Gasteiger partial charge is 0.313 e. The molecule has 1 nitrogen and oxygen atoms in total. The number of nitrogens with one attached hydrogen (secondary N) is 1. The molecule has 0 aliphatic rings. The lowest BCUT2D eigenvalue weighted by molar-refractivity contribution is 0.226. The molecule has 0 aliphatic heterocycles. The SMILES string of the molecule is CNC(CC(C)C(C)(C)C)c1ccc(C)c(F)c1. The van der Waals surface area contributed by atoms with Gasteiger partial charge in [0.2, 0.25) is 0 Å².